The van der Waals surface area contributed by atoms with E-state index in [1.165, 1.54) is 13.2 Å². The van der Waals surface area contributed by atoms with E-state index >= 15 is 0 Å². The van der Waals surface area contributed by atoms with Crippen molar-refractivity contribution in [3.63, 3.8) is 0 Å². The lowest BCUT2D eigenvalue weighted by atomic mass is 9.60. The van der Waals surface area contributed by atoms with E-state index in [9.17, 15) is 37.1 Å². The first kappa shape index (κ1) is 38.5. The van der Waals surface area contributed by atoms with Crippen LogP contribution in [0, 0.1) is 11.3 Å². The third-order valence-corrected chi connectivity index (χ3v) is 12.9. The summed E-state index contributed by atoms with van der Waals surface area (Å²) in [7, 11) is 1.44. The molecule has 2 aromatic heterocycles. The number of rotatable bonds is 7. The van der Waals surface area contributed by atoms with Crippen molar-refractivity contribution in [2.75, 3.05) is 43.5 Å². The van der Waals surface area contributed by atoms with Crippen molar-refractivity contribution in [3.8, 4) is 5.75 Å². The first-order valence-electron chi connectivity index (χ1n) is 20.0. The van der Waals surface area contributed by atoms with E-state index in [0.29, 0.717) is 29.8 Å². The molecule has 4 fully saturated rings. The van der Waals surface area contributed by atoms with Crippen LogP contribution in [-0.2, 0) is 27.1 Å². The van der Waals surface area contributed by atoms with Gasteiger partial charge in [0.15, 0.2) is 0 Å². The number of imide groups is 1. The van der Waals surface area contributed by atoms with Gasteiger partial charge in [-0.05, 0) is 92.3 Å². The van der Waals surface area contributed by atoms with E-state index in [1.54, 1.807) is 17.0 Å². The summed E-state index contributed by atoms with van der Waals surface area (Å²) in [5.41, 5.74) is 2.01. The molecule has 3 saturated heterocycles. The topological polar surface area (TPSA) is 159 Å². The average molecular weight is 813 g/mol. The predicted octanol–water partition coefficient (Wildman–Crippen LogP) is 5.33. The van der Waals surface area contributed by atoms with Crippen molar-refractivity contribution in [2.45, 2.75) is 76.2 Å². The maximum Gasteiger partial charge on any atom is 0.433 e. The zero-order valence-corrected chi connectivity index (χ0v) is 32.4. The van der Waals surface area contributed by atoms with Crippen LogP contribution >= 0.6 is 0 Å². The molecule has 4 aliphatic heterocycles. The number of amides is 5. The van der Waals surface area contributed by atoms with Crippen LogP contribution in [0.4, 0.5) is 24.5 Å². The Bertz CT molecular complexity index is 2370. The fraction of sp³-hybridized carbons (Fsp3) is 0.452. The largest absolute Gasteiger partial charge is 0.494 e. The Kier molecular flexibility index (Phi) is 9.58. The summed E-state index contributed by atoms with van der Waals surface area (Å²) in [6.45, 7) is 3.22. The van der Waals surface area contributed by atoms with E-state index < -0.39 is 29.7 Å². The SMILES string of the molecule is COc1cc2nn(C3CC4(CCN(C(=O)C5CCN(c6ccc7c(c6)CN(C6CCC(=O)NC6=O)C7=O)CC5)CC4)C3)cc2cc1NC(=O)c1cccc(C(F)(F)F)n1. The van der Waals surface area contributed by atoms with Crippen LogP contribution < -0.4 is 20.3 Å². The molecule has 6 heterocycles. The van der Waals surface area contributed by atoms with E-state index in [0.717, 1.165) is 93.5 Å². The van der Waals surface area contributed by atoms with Crippen LogP contribution in [0.25, 0.3) is 10.9 Å². The summed E-state index contributed by atoms with van der Waals surface area (Å²) in [6.07, 6.45) is 2.96. The van der Waals surface area contributed by atoms with Crippen molar-refractivity contribution >= 4 is 51.8 Å². The molecule has 9 rings (SSSR count). The fourth-order valence-electron chi connectivity index (χ4n) is 9.57. The van der Waals surface area contributed by atoms with Crippen LogP contribution in [0.2, 0.25) is 0 Å². The van der Waals surface area contributed by atoms with Gasteiger partial charge in [0.25, 0.3) is 11.8 Å². The van der Waals surface area contributed by atoms with Gasteiger partial charge >= 0.3 is 6.18 Å². The van der Waals surface area contributed by atoms with Gasteiger partial charge < -0.3 is 24.8 Å². The zero-order valence-electron chi connectivity index (χ0n) is 32.4. The Morgan fingerprint density at radius 1 is 0.966 bits per heavy atom. The molecule has 308 valence electrons. The number of benzene rings is 2. The molecule has 0 bridgehead atoms. The number of ether oxygens (including phenoxy) is 1. The molecule has 14 nitrogen and oxygen atoms in total. The summed E-state index contributed by atoms with van der Waals surface area (Å²) in [5.74, 6) is -1.24. The molecule has 1 saturated carbocycles. The monoisotopic (exact) mass is 812 g/mol. The summed E-state index contributed by atoms with van der Waals surface area (Å²) < 4.78 is 46.9. The Balaban J connectivity index is 0.764. The first-order chi connectivity index (χ1) is 28.3. The Labute approximate surface area is 337 Å². The number of anilines is 2. The number of hydrogen-bond donors (Lipinski definition) is 2. The Morgan fingerprint density at radius 2 is 1.73 bits per heavy atom. The third kappa shape index (κ3) is 7.24. The summed E-state index contributed by atoms with van der Waals surface area (Å²) >= 11 is 0. The predicted molar refractivity (Wildman–Crippen MR) is 207 cm³/mol. The molecule has 1 aliphatic carbocycles. The number of halogens is 3. The van der Waals surface area contributed by atoms with Crippen LogP contribution in [-0.4, -0.2) is 93.4 Å². The highest BCUT2D eigenvalue weighted by Gasteiger charge is 2.48. The number of piperidine rings is 3. The lowest BCUT2D eigenvalue weighted by molar-refractivity contribution is -0.141. The molecule has 2 N–H and O–H groups in total. The number of fused-ring (bicyclic) bond motifs is 2. The lowest BCUT2D eigenvalue weighted by Crippen LogP contribution is -2.52. The number of likely N-dealkylation sites (tertiary alicyclic amines) is 1. The minimum atomic E-state index is -4.68. The second-order valence-corrected chi connectivity index (χ2v) is 16.5. The van der Waals surface area contributed by atoms with Gasteiger partial charge in [-0.3, -0.25) is 34.0 Å². The van der Waals surface area contributed by atoms with Crippen LogP contribution in [0.5, 0.6) is 5.75 Å². The second kappa shape index (κ2) is 14.7. The summed E-state index contributed by atoms with van der Waals surface area (Å²) in [6, 6.07) is 11.8. The highest BCUT2D eigenvalue weighted by molar-refractivity contribution is 6.06. The molecule has 17 heteroatoms. The number of hydrogen-bond acceptors (Lipinski definition) is 9. The smallest absolute Gasteiger partial charge is 0.433 e. The number of nitrogens with zero attached hydrogens (tertiary/aromatic N) is 6. The quantitative estimate of drug-likeness (QED) is 0.235. The molecule has 5 aliphatic rings. The van der Waals surface area contributed by atoms with E-state index in [2.05, 4.69) is 20.5 Å². The molecule has 1 atom stereocenters. The fourth-order valence-corrected chi connectivity index (χ4v) is 9.57. The van der Waals surface area contributed by atoms with Gasteiger partial charge in [0.05, 0.1) is 24.4 Å². The molecule has 0 radical (unpaired) electrons. The van der Waals surface area contributed by atoms with Crippen molar-refractivity contribution in [3.05, 3.63) is 77.2 Å². The normalized spacial score (nSPS) is 21.1. The van der Waals surface area contributed by atoms with Crippen LogP contribution in [0.1, 0.15) is 89.5 Å². The second-order valence-electron chi connectivity index (χ2n) is 16.5. The number of aromatic nitrogens is 3. The molecule has 5 amide bonds. The van der Waals surface area contributed by atoms with E-state index in [4.69, 9.17) is 9.84 Å². The number of alkyl halides is 3. The van der Waals surface area contributed by atoms with Gasteiger partial charge in [-0.15, -0.1) is 0 Å². The zero-order chi connectivity index (χ0) is 41.2. The molecule has 59 heavy (non-hydrogen) atoms. The molecule has 4 aromatic rings. The van der Waals surface area contributed by atoms with Gasteiger partial charge in [0.2, 0.25) is 17.7 Å². The van der Waals surface area contributed by atoms with Crippen molar-refractivity contribution in [1.82, 2.24) is 29.9 Å². The standard InChI is InChI=1S/C42H43F3N8O6/c1-59-34-19-31-26(18-32(34)47-37(55)30-3-2-4-35(46-30)42(43,44)45)23-53(49-31)28-20-41(21-28)11-15-51(16-12-41)39(57)24-9-13-50(14-10-24)27-5-6-29-25(17-27)22-52(40(29)58)33-7-8-36(54)48-38(33)56/h2-6,17-19,23-24,28,33H,7-16,20-22H2,1H3,(H,47,55)(H,48,54,56). The number of nitrogens with one attached hydrogen (secondary N) is 2. The number of carbonyl (C=O) groups excluding carboxylic acids is 5. The van der Waals surface area contributed by atoms with Gasteiger partial charge in [-0.25, -0.2) is 4.98 Å². The molecular weight excluding hydrogens is 770 g/mol. The maximum absolute atomic E-state index is 13.7. The number of carbonyl (C=O) groups is 5. The summed E-state index contributed by atoms with van der Waals surface area (Å²) in [5, 5.41) is 10.5. The van der Waals surface area contributed by atoms with Crippen molar-refractivity contribution in [2.24, 2.45) is 11.3 Å². The lowest BCUT2D eigenvalue weighted by Gasteiger charge is -2.52. The Hall–Kier alpha value is -6.00. The number of pyridine rings is 1. The molecule has 2 aromatic carbocycles. The van der Waals surface area contributed by atoms with Gasteiger partial charge in [0, 0.05) is 74.0 Å². The highest BCUT2D eigenvalue weighted by atomic mass is 19.4. The van der Waals surface area contributed by atoms with Crippen molar-refractivity contribution < 1.29 is 41.9 Å². The summed E-state index contributed by atoms with van der Waals surface area (Å²) in [4.78, 5) is 73.1. The maximum atomic E-state index is 13.7. The van der Waals surface area contributed by atoms with E-state index in [1.807, 2.05) is 34.0 Å². The Morgan fingerprint density at radius 3 is 2.44 bits per heavy atom. The third-order valence-electron chi connectivity index (χ3n) is 12.9. The van der Waals surface area contributed by atoms with Gasteiger partial charge in [-0.1, -0.05) is 6.07 Å². The average Bonchev–Trinajstić information content (AvgIpc) is 3.78. The highest BCUT2D eigenvalue weighted by Crippen LogP contribution is 2.55. The minimum absolute atomic E-state index is 0.0436. The minimum Gasteiger partial charge on any atom is -0.494 e. The van der Waals surface area contributed by atoms with Crippen LogP contribution in [0.15, 0.2) is 54.7 Å². The van der Waals surface area contributed by atoms with Gasteiger partial charge in [0.1, 0.15) is 23.2 Å². The number of methoxy groups -OCH3 is 1. The first-order valence-corrected chi connectivity index (χ1v) is 20.0. The van der Waals surface area contributed by atoms with E-state index in [-0.39, 0.29) is 52.9 Å². The van der Waals surface area contributed by atoms with Gasteiger partial charge in [-0.2, -0.15) is 18.3 Å². The van der Waals surface area contributed by atoms with Crippen LogP contribution in [0.3, 0.4) is 0 Å². The van der Waals surface area contributed by atoms with Crippen molar-refractivity contribution in [1.29, 1.82) is 0 Å². The molecular formula is C42H43F3N8O6. The molecule has 1 spiro atoms. The molecule has 1 unspecified atom stereocenters.